The zero-order chi connectivity index (χ0) is 18.7. The number of hydrogen-bond acceptors (Lipinski definition) is 5. The molecule has 1 unspecified atom stereocenters. The van der Waals surface area contributed by atoms with Gasteiger partial charge in [0.1, 0.15) is 5.75 Å². The minimum absolute atomic E-state index is 0.000309. The van der Waals surface area contributed by atoms with Crippen LogP contribution in [-0.4, -0.2) is 30.3 Å². The van der Waals surface area contributed by atoms with Gasteiger partial charge in [-0.1, -0.05) is 27.7 Å². The van der Waals surface area contributed by atoms with Crippen molar-refractivity contribution in [1.82, 2.24) is 0 Å². The van der Waals surface area contributed by atoms with E-state index in [9.17, 15) is 14.7 Å². The first-order valence-electron chi connectivity index (χ1n) is 8.81. The van der Waals surface area contributed by atoms with Crippen LogP contribution in [0.4, 0.5) is 0 Å². The van der Waals surface area contributed by atoms with Gasteiger partial charge < -0.3 is 14.6 Å². The maximum absolute atomic E-state index is 12.5. The Morgan fingerprint density at radius 2 is 1.68 bits per heavy atom. The molecule has 0 bridgehead atoms. The van der Waals surface area contributed by atoms with Crippen molar-refractivity contribution in [2.24, 2.45) is 16.7 Å². The second-order valence-corrected chi connectivity index (χ2v) is 7.91. The summed E-state index contributed by atoms with van der Waals surface area (Å²) in [6, 6.07) is 5.87. The summed E-state index contributed by atoms with van der Waals surface area (Å²) in [4.78, 5) is 24.3. The molecule has 0 saturated heterocycles. The largest absolute Gasteiger partial charge is 0.508 e. The summed E-state index contributed by atoms with van der Waals surface area (Å²) in [5.74, 6) is -0.0376. The Morgan fingerprint density at radius 1 is 1.12 bits per heavy atom. The minimum atomic E-state index is -0.453. The maximum Gasteiger partial charge on any atom is 0.338 e. The number of carbonyl (C=O) groups is 2. The van der Waals surface area contributed by atoms with E-state index in [-0.39, 0.29) is 35.8 Å². The van der Waals surface area contributed by atoms with E-state index in [0.717, 1.165) is 12.8 Å². The Balaban J connectivity index is 1.71. The van der Waals surface area contributed by atoms with Crippen LogP contribution in [0.3, 0.4) is 0 Å². The summed E-state index contributed by atoms with van der Waals surface area (Å²) >= 11 is 0. The van der Waals surface area contributed by atoms with Gasteiger partial charge in [0.25, 0.3) is 0 Å². The molecule has 138 valence electrons. The van der Waals surface area contributed by atoms with Crippen molar-refractivity contribution in [3.05, 3.63) is 29.8 Å². The first kappa shape index (κ1) is 19.3. The van der Waals surface area contributed by atoms with Gasteiger partial charge in [0.2, 0.25) is 0 Å². The van der Waals surface area contributed by atoms with E-state index in [1.165, 1.54) is 24.3 Å². The van der Waals surface area contributed by atoms with Crippen molar-refractivity contribution < 1.29 is 24.2 Å². The van der Waals surface area contributed by atoms with E-state index in [2.05, 4.69) is 27.7 Å². The van der Waals surface area contributed by atoms with Crippen LogP contribution in [0.25, 0.3) is 0 Å². The highest BCUT2D eigenvalue weighted by molar-refractivity contribution is 5.89. The van der Waals surface area contributed by atoms with Crippen molar-refractivity contribution in [2.45, 2.75) is 47.0 Å². The molecule has 0 heterocycles. The number of phenolic OH excluding ortho intramolecular Hbond substituents is 1. The predicted octanol–water partition coefficient (Wildman–Crippen LogP) is 3.94. The number of rotatable bonds is 8. The molecular weight excluding hydrogens is 320 g/mol. The fourth-order valence-corrected chi connectivity index (χ4v) is 3.40. The number of benzene rings is 1. The van der Waals surface area contributed by atoms with Gasteiger partial charge in [-0.05, 0) is 48.4 Å². The highest BCUT2D eigenvalue weighted by atomic mass is 16.5. The molecule has 1 aromatic rings. The molecule has 1 aliphatic rings. The monoisotopic (exact) mass is 348 g/mol. The van der Waals surface area contributed by atoms with Crippen molar-refractivity contribution in [1.29, 1.82) is 0 Å². The van der Waals surface area contributed by atoms with Crippen LogP contribution in [0, 0.1) is 16.7 Å². The van der Waals surface area contributed by atoms with E-state index < -0.39 is 5.97 Å². The van der Waals surface area contributed by atoms with Crippen LogP contribution in [0.1, 0.15) is 57.3 Å². The van der Waals surface area contributed by atoms with Gasteiger partial charge in [0.05, 0.1) is 24.2 Å². The molecule has 1 aromatic carbocycles. The number of aromatic hydroxyl groups is 1. The number of phenols is 1. The van der Waals surface area contributed by atoms with Crippen LogP contribution in [0.15, 0.2) is 24.3 Å². The molecule has 0 amide bonds. The van der Waals surface area contributed by atoms with Crippen LogP contribution in [0.2, 0.25) is 0 Å². The fraction of sp³-hybridized carbons (Fsp3) is 0.600. The Bertz CT molecular complexity index is 617. The molecule has 0 aromatic heterocycles. The quantitative estimate of drug-likeness (QED) is 0.569. The third kappa shape index (κ3) is 4.53. The smallest absolute Gasteiger partial charge is 0.338 e. The van der Waals surface area contributed by atoms with Gasteiger partial charge in [-0.2, -0.15) is 0 Å². The molecule has 1 fully saturated rings. The lowest BCUT2D eigenvalue weighted by Gasteiger charge is -2.21. The van der Waals surface area contributed by atoms with Gasteiger partial charge in [-0.3, -0.25) is 4.79 Å². The summed E-state index contributed by atoms with van der Waals surface area (Å²) in [6.45, 7) is 8.88. The summed E-state index contributed by atoms with van der Waals surface area (Å²) in [6.07, 6.45) is 2.18. The minimum Gasteiger partial charge on any atom is -0.508 e. The van der Waals surface area contributed by atoms with Crippen molar-refractivity contribution in [2.75, 3.05) is 13.2 Å². The van der Waals surface area contributed by atoms with E-state index in [4.69, 9.17) is 9.47 Å². The lowest BCUT2D eigenvalue weighted by molar-refractivity contribution is -0.152. The number of ether oxygens (including phenoxy) is 2. The first-order valence-corrected chi connectivity index (χ1v) is 8.81. The molecule has 0 aliphatic heterocycles. The molecule has 1 N–H and O–H groups in total. The molecule has 0 radical (unpaired) electrons. The summed E-state index contributed by atoms with van der Waals surface area (Å²) in [5.41, 5.74) is 0.0224. The van der Waals surface area contributed by atoms with Crippen LogP contribution >= 0.6 is 0 Å². The van der Waals surface area contributed by atoms with Gasteiger partial charge in [0.15, 0.2) is 0 Å². The second kappa shape index (κ2) is 7.46. The molecule has 5 nitrogen and oxygen atoms in total. The van der Waals surface area contributed by atoms with E-state index in [1.54, 1.807) is 0 Å². The Kier molecular flexibility index (Phi) is 5.76. The zero-order valence-electron chi connectivity index (χ0n) is 15.5. The number of hydrogen-bond donors (Lipinski definition) is 1. The molecular formula is C20H28O5. The predicted molar refractivity (Wildman–Crippen MR) is 94.3 cm³/mol. The van der Waals surface area contributed by atoms with Crippen molar-refractivity contribution in [3.8, 4) is 5.75 Å². The fourth-order valence-electron chi connectivity index (χ4n) is 3.40. The summed E-state index contributed by atoms with van der Waals surface area (Å²) in [5, 5.41) is 9.20. The standard InChI is InChI=1S/C20H28O5/c1-14(2)12-20(13-19(20,3)4)18(23)25-11-5-10-24-17(22)15-6-8-16(21)9-7-15/h6-9,14,21H,5,10-13H2,1-4H3. The molecule has 1 atom stereocenters. The Morgan fingerprint density at radius 3 is 2.20 bits per heavy atom. The van der Waals surface area contributed by atoms with E-state index in [1.807, 2.05) is 0 Å². The topological polar surface area (TPSA) is 72.8 Å². The first-order chi connectivity index (χ1) is 11.7. The molecule has 2 rings (SSSR count). The van der Waals surface area contributed by atoms with Crippen LogP contribution in [-0.2, 0) is 14.3 Å². The summed E-state index contributed by atoms with van der Waals surface area (Å²) in [7, 11) is 0. The van der Waals surface area contributed by atoms with E-state index >= 15 is 0 Å². The van der Waals surface area contributed by atoms with Gasteiger partial charge >= 0.3 is 11.9 Å². The van der Waals surface area contributed by atoms with Gasteiger partial charge in [-0.15, -0.1) is 0 Å². The Hall–Kier alpha value is -2.04. The second-order valence-electron chi connectivity index (χ2n) is 7.91. The summed E-state index contributed by atoms with van der Waals surface area (Å²) < 4.78 is 10.6. The molecule has 25 heavy (non-hydrogen) atoms. The van der Waals surface area contributed by atoms with Gasteiger partial charge in [-0.25, -0.2) is 4.79 Å². The van der Waals surface area contributed by atoms with Crippen molar-refractivity contribution >= 4 is 11.9 Å². The highest BCUT2D eigenvalue weighted by Gasteiger charge is 2.66. The lowest BCUT2D eigenvalue weighted by atomic mass is 9.87. The average Bonchev–Trinajstić information content (AvgIpc) is 3.08. The van der Waals surface area contributed by atoms with Gasteiger partial charge in [0, 0.05) is 6.42 Å². The average molecular weight is 348 g/mol. The number of carbonyl (C=O) groups excluding carboxylic acids is 2. The van der Waals surface area contributed by atoms with Crippen LogP contribution in [0.5, 0.6) is 5.75 Å². The molecule has 5 heteroatoms. The third-order valence-electron chi connectivity index (χ3n) is 4.92. The number of esters is 2. The van der Waals surface area contributed by atoms with Crippen molar-refractivity contribution in [3.63, 3.8) is 0 Å². The zero-order valence-corrected chi connectivity index (χ0v) is 15.5. The molecule has 1 aliphatic carbocycles. The third-order valence-corrected chi connectivity index (χ3v) is 4.92. The van der Waals surface area contributed by atoms with Crippen LogP contribution < -0.4 is 0 Å². The lowest BCUT2D eigenvalue weighted by Crippen LogP contribution is -2.26. The normalized spacial score (nSPS) is 21.0. The highest BCUT2D eigenvalue weighted by Crippen LogP contribution is 2.67. The maximum atomic E-state index is 12.5. The van der Waals surface area contributed by atoms with E-state index in [0.29, 0.717) is 17.9 Å². The SMILES string of the molecule is CC(C)CC1(C(=O)OCCCOC(=O)c2ccc(O)cc2)CC1(C)C. The molecule has 0 spiro atoms. The molecule has 1 saturated carbocycles. The Labute approximate surface area is 149 Å².